The minimum Gasteiger partial charge on any atom is -0.468 e. The monoisotopic (exact) mass is 1830 g/mol. The fraction of sp³-hybridized carbons (Fsp3) is 0.239. The lowest BCUT2D eigenvalue weighted by Gasteiger charge is -2.13. The molecule has 1 fully saturated rings. The Kier molecular flexibility index (Phi) is 35.9. The zero-order valence-corrected chi connectivity index (χ0v) is 65.9. The number of aliphatic hydroxyl groups is 1. The van der Waals surface area contributed by atoms with Crippen molar-refractivity contribution in [2.75, 3.05) is 32.2 Å². The second-order valence-electron chi connectivity index (χ2n) is 22.3. The summed E-state index contributed by atoms with van der Waals surface area (Å²) < 4.78 is 109. The van der Waals surface area contributed by atoms with E-state index in [1.54, 1.807) is 19.3 Å². The van der Waals surface area contributed by atoms with E-state index in [1.807, 2.05) is 13.0 Å². The molecule has 5 aromatic carbocycles. The molecule has 5 aliphatic heterocycles. The fourth-order valence-corrected chi connectivity index (χ4v) is 11.5. The Morgan fingerprint density at radius 1 is 0.600 bits per heavy atom. The number of aliphatic hydroxyl groups excluding tert-OH is 1. The molecule has 0 saturated carbocycles. The van der Waals surface area contributed by atoms with Crippen molar-refractivity contribution in [3.63, 3.8) is 0 Å². The Balaban J connectivity index is 0.000000205. The minimum absolute atomic E-state index is 0. The number of ether oxygens (including phenoxy) is 6. The van der Waals surface area contributed by atoms with E-state index < -0.39 is 40.4 Å². The van der Waals surface area contributed by atoms with Gasteiger partial charge < -0.3 is 49.6 Å². The van der Waals surface area contributed by atoms with Crippen molar-refractivity contribution < 1.29 is 69.6 Å². The highest BCUT2D eigenvalue weighted by Gasteiger charge is 2.33. The quantitative estimate of drug-likeness (QED) is 0.0138. The number of rotatable bonds is 8. The number of H-pyrrole nitrogens is 1. The van der Waals surface area contributed by atoms with Crippen molar-refractivity contribution in [1.82, 2.24) is 44.9 Å². The number of aryl methyl sites for hydroxylation is 1. The van der Waals surface area contributed by atoms with Crippen LogP contribution in [0.3, 0.4) is 0 Å². The lowest BCUT2D eigenvalue weighted by Crippen LogP contribution is -2.23. The second kappa shape index (κ2) is 43.1. The molecule has 0 amide bonds. The average molecular weight is 1830 g/mol. The molecule has 1 saturated heterocycles. The zero-order valence-electron chi connectivity index (χ0n) is 56.0. The van der Waals surface area contributed by atoms with E-state index in [0.717, 1.165) is 43.0 Å². The number of nitrogens with one attached hydrogen (secondary N) is 3. The zero-order chi connectivity index (χ0) is 78.7. The van der Waals surface area contributed by atoms with Crippen LogP contribution in [0.2, 0.25) is 30.3 Å². The third kappa shape index (κ3) is 25.9. The second-order valence-corrected chi connectivity index (χ2v) is 32.5. The summed E-state index contributed by atoms with van der Waals surface area (Å²) >= 11 is 51.1. The lowest BCUT2D eigenvalue weighted by molar-refractivity contribution is -0.147. The number of esters is 1. The summed E-state index contributed by atoms with van der Waals surface area (Å²) in [6, 6.07) is 22.8. The molecular formula is C71H64Cl9F5IN12O11P. The van der Waals surface area contributed by atoms with Crippen molar-refractivity contribution >= 4 is 160 Å². The number of ketones is 1. The topological polar surface area (TPSA) is 325 Å². The van der Waals surface area contributed by atoms with Crippen LogP contribution >= 0.6 is 131 Å². The number of benzene rings is 5. The van der Waals surface area contributed by atoms with Gasteiger partial charge in [-0.1, -0.05) is 84.5 Å². The fourth-order valence-electron chi connectivity index (χ4n) is 9.67. The number of Topliss-reactive ketones (excluding diaryl/α,β-unsaturated/α-hetero) is 1. The summed E-state index contributed by atoms with van der Waals surface area (Å²) in [4.78, 5) is 70.1. The van der Waals surface area contributed by atoms with Gasteiger partial charge >= 0.3 is 11.2 Å². The van der Waals surface area contributed by atoms with Gasteiger partial charge in [-0.2, -0.15) is 0 Å². The van der Waals surface area contributed by atoms with E-state index in [9.17, 15) is 40.9 Å². The molecule has 584 valence electrons. The Bertz CT molecular complexity index is 4970. The first kappa shape index (κ1) is 91.6. The summed E-state index contributed by atoms with van der Waals surface area (Å²) in [7, 11) is 1.26. The molecule has 1 unspecified atom stereocenters. The Morgan fingerprint density at radius 3 is 1.47 bits per heavy atom. The molecule has 0 spiro atoms. The van der Waals surface area contributed by atoms with Gasteiger partial charge in [0.2, 0.25) is 0 Å². The molecule has 5 aliphatic rings. The number of amidine groups is 1. The Morgan fingerprint density at radius 2 is 1.01 bits per heavy atom. The maximum Gasteiger partial charge on any atom is 0.339 e. The summed E-state index contributed by atoms with van der Waals surface area (Å²) in [5, 5.41) is 16.9. The van der Waals surface area contributed by atoms with Crippen molar-refractivity contribution in [3.05, 3.63) is 239 Å². The van der Waals surface area contributed by atoms with Crippen molar-refractivity contribution in [2.24, 2.45) is 11.7 Å². The van der Waals surface area contributed by atoms with Gasteiger partial charge in [0.05, 0.1) is 123 Å². The van der Waals surface area contributed by atoms with Gasteiger partial charge in [0.1, 0.15) is 67.9 Å². The van der Waals surface area contributed by atoms with Gasteiger partial charge in [0.15, 0.2) is 23.3 Å². The largest absolute Gasteiger partial charge is 0.468 e. The van der Waals surface area contributed by atoms with Crippen LogP contribution < -0.4 is 16.6 Å². The van der Waals surface area contributed by atoms with E-state index in [0.29, 0.717) is 104 Å². The van der Waals surface area contributed by atoms with Gasteiger partial charge in [0, 0.05) is 66.5 Å². The van der Waals surface area contributed by atoms with Crippen molar-refractivity contribution in [1.29, 1.82) is 5.41 Å². The third-order valence-electron chi connectivity index (χ3n) is 14.8. The molecule has 0 radical (unpaired) electrons. The molecular weight excluding hydrogens is 1770 g/mol. The number of methoxy groups -OCH3 is 1. The van der Waals surface area contributed by atoms with Gasteiger partial charge in [0.25, 0.3) is 5.56 Å². The molecule has 110 heavy (non-hydrogen) atoms. The van der Waals surface area contributed by atoms with Crippen molar-refractivity contribution in [2.45, 2.75) is 81.6 Å². The van der Waals surface area contributed by atoms with Gasteiger partial charge in [-0.3, -0.25) is 29.3 Å². The first-order chi connectivity index (χ1) is 51.3. The molecule has 39 heteroatoms. The Labute approximate surface area is 684 Å². The normalized spacial score (nSPS) is 13.6. The maximum atomic E-state index is 14.2. The number of aromatic nitrogens is 9. The first-order valence-electron chi connectivity index (χ1n) is 31.0. The van der Waals surface area contributed by atoms with Crippen LogP contribution in [0, 0.1) is 51.0 Å². The number of hydrogen-bond acceptors (Lipinski definition) is 21. The minimum atomic E-state index is -3.22. The van der Waals surface area contributed by atoms with Gasteiger partial charge in [-0.15, -0.1) is 0 Å². The average Bonchev–Trinajstić information content (AvgIpc) is 1.50. The molecule has 15 rings (SSSR count). The van der Waals surface area contributed by atoms with E-state index in [-0.39, 0.29) is 111 Å². The molecule has 6 N–H and O–H groups in total. The highest BCUT2D eigenvalue weighted by molar-refractivity contribution is 14.1. The number of carbonyl (C=O) groups excluding carboxylic acids is 2. The number of pyridine rings is 1. The summed E-state index contributed by atoms with van der Waals surface area (Å²) in [5.41, 5.74) is 13.6. The van der Waals surface area contributed by atoms with Gasteiger partial charge in [-0.25, -0.2) is 56.8 Å². The van der Waals surface area contributed by atoms with Crippen molar-refractivity contribution in [3.8, 4) is 45.6 Å². The van der Waals surface area contributed by atoms with E-state index in [1.165, 1.54) is 98.1 Å². The highest BCUT2D eigenvalue weighted by Crippen LogP contribution is 2.61. The predicted octanol–water partition coefficient (Wildman–Crippen LogP) is 19.1. The number of anilines is 2. The number of halogens is 15. The molecule has 5 aromatic heterocycles. The van der Waals surface area contributed by atoms with Crippen LogP contribution in [-0.2, 0) is 95.4 Å². The number of nitrogen functional groups attached to an aromatic ring is 1. The van der Waals surface area contributed by atoms with Crippen LogP contribution in [0.5, 0.6) is 0 Å². The third-order valence-corrected chi connectivity index (χ3v) is 17.2. The summed E-state index contributed by atoms with van der Waals surface area (Å²) in [5.74, 6) is -2.30. The molecule has 10 heterocycles. The van der Waals surface area contributed by atoms with E-state index in [4.69, 9.17) is 110 Å². The number of fused-ring (bicyclic) bond motifs is 4. The van der Waals surface area contributed by atoms with E-state index in [2.05, 4.69) is 111 Å². The first-order valence-corrected chi connectivity index (χ1v) is 38.8. The number of aromatic amines is 1. The number of nitrogens with two attached hydrogens (primary N) is 1. The predicted molar refractivity (Wildman–Crippen MR) is 422 cm³/mol. The number of nitrogens with zero attached hydrogens (tertiary/aromatic N) is 8. The van der Waals surface area contributed by atoms with Crippen LogP contribution in [-0.4, -0.2) is 94.5 Å². The van der Waals surface area contributed by atoms with Crippen LogP contribution in [0.15, 0.2) is 114 Å². The molecule has 1 atom stereocenters. The summed E-state index contributed by atoms with van der Waals surface area (Å²) in [6.45, 7) is 7.13. The number of carbonyl (C=O) groups is 2. The Hall–Kier alpha value is -7.24. The van der Waals surface area contributed by atoms with E-state index >= 15 is 0 Å². The van der Waals surface area contributed by atoms with Crippen LogP contribution in [0.25, 0.3) is 45.6 Å². The standard InChI is InChI=1S/C18H14ClFN4O.C12H7Cl2FN2O.C12H7ClFIN2O.C12H8ClFN2O2.C7H6ClFN2.C6H8O4.C2H6O.2CH4.Cl3OP/c1-10-7-21-5-4-15(10)22-18-13-8-25-9-16(13)23-17(24-18)12-6-11(19)2-3-14(12)20;13-6-1-2-9(15)7(3-6)12-16-10-5-18-4-8(10)11(14)17-12;13-6-1-2-9(14)7(3-6)12-16-10-5-18-4-8(10)11(15)17-12;13-6-1-2-9(14)7(3-6)11-15-10-5-18-4-8(10)12(17)16-11;8-4-1-2-6(9)5(3-4)7(10)11;1-9-6(8)4-2-10-3-5(4)7;1-2-3;;;1-5(2,3)4/h2-7H,8-9H2,1H3,(H,21,22,23,24);2*1-3H,4-5H2;1-3H,4-5H2,(H,15,16,17);1-3H,(H3,10,11);4H,2-3H2,1H3;3H,2H2,1H3;2*1H4;. The number of hydrogen-bond donors (Lipinski definition) is 5. The SMILES string of the molecule is C.C.CCO.COC(=O)C1COCC1=O.Cc1cnccc1Nc1nc(-c2cc(Cl)ccc2F)nc2c1COC2.Fc1ccc(Cl)cc1-c1nc(Cl)c2c(n1)COC2.Fc1ccc(Cl)cc1-c1nc(I)c2c(n1)COC2.N=C(N)c1cc(Cl)ccc1F.O=P(Cl)(Cl)Cl.O=c1[nH]c(-c2cc(Cl)ccc2F)nc2c1COC2. The molecule has 23 nitrogen and oxygen atoms in total. The maximum absolute atomic E-state index is 14.2. The molecule has 10 aromatic rings. The molecule has 0 aliphatic carbocycles. The highest BCUT2D eigenvalue weighted by atomic mass is 127. The smallest absolute Gasteiger partial charge is 0.339 e. The molecule has 0 bridgehead atoms. The van der Waals surface area contributed by atoms with Gasteiger partial charge in [-0.05, 0) is 173 Å². The lowest BCUT2D eigenvalue weighted by atomic mass is 10.1. The summed E-state index contributed by atoms with van der Waals surface area (Å²) in [6.07, 6.45) is 3.46. The van der Waals surface area contributed by atoms with Crippen LogP contribution in [0.1, 0.15) is 77.9 Å². The van der Waals surface area contributed by atoms with Crippen LogP contribution in [0.4, 0.5) is 33.5 Å².